The predicted octanol–water partition coefficient (Wildman–Crippen LogP) is 2.39. The first-order valence-electron chi connectivity index (χ1n) is 6.84. The minimum atomic E-state index is 0.112. The standard InChI is InChI=1S/C15H23NO2/c1-3-4-12-5-7-13(8-6-12)18-15-11-17-10-9-14(15)16-2/h5-8,14-16H,3-4,9-11H2,1-2H3. The van der Waals surface area contributed by atoms with Crippen molar-refractivity contribution in [2.45, 2.75) is 38.3 Å². The van der Waals surface area contributed by atoms with Gasteiger partial charge in [0.1, 0.15) is 11.9 Å². The van der Waals surface area contributed by atoms with E-state index in [4.69, 9.17) is 9.47 Å². The Labute approximate surface area is 109 Å². The first kappa shape index (κ1) is 13.4. The monoisotopic (exact) mass is 249 g/mol. The van der Waals surface area contributed by atoms with Crippen molar-refractivity contribution >= 4 is 0 Å². The van der Waals surface area contributed by atoms with Crippen LogP contribution in [0.2, 0.25) is 0 Å². The molecule has 18 heavy (non-hydrogen) atoms. The zero-order valence-electron chi connectivity index (χ0n) is 11.3. The van der Waals surface area contributed by atoms with Crippen molar-refractivity contribution in [2.24, 2.45) is 0 Å². The van der Waals surface area contributed by atoms with Gasteiger partial charge in [-0.15, -0.1) is 0 Å². The third kappa shape index (κ3) is 3.47. The molecule has 3 heteroatoms. The second-order valence-electron chi connectivity index (χ2n) is 4.81. The third-order valence-corrected chi connectivity index (χ3v) is 3.42. The quantitative estimate of drug-likeness (QED) is 0.869. The number of likely N-dealkylation sites (N-methyl/N-ethyl adjacent to an activating group) is 1. The predicted molar refractivity (Wildman–Crippen MR) is 73.1 cm³/mol. The average Bonchev–Trinajstić information content (AvgIpc) is 2.42. The average molecular weight is 249 g/mol. The van der Waals surface area contributed by atoms with Crippen molar-refractivity contribution in [2.75, 3.05) is 20.3 Å². The molecule has 0 aliphatic carbocycles. The van der Waals surface area contributed by atoms with Crippen LogP contribution in [0, 0.1) is 0 Å². The summed E-state index contributed by atoms with van der Waals surface area (Å²) in [5.74, 6) is 0.936. The van der Waals surface area contributed by atoms with E-state index in [9.17, 15) is 0 Å². The van der Waals surface area contributed by atoms with Crippen LogP contribution in [0.4, 0.5) is 0 Å². The zero-order valence-corrected chi connectivity index (χ0v) is 11.3. The van der Waals surface area contributed by atoms with E-state index in [0.717, 1.165) is 25.2 Å². The molecule has 1 fully saturated rings. The molecule has 1 aromatic carbocycles. The first-order chi connectivity index (χ1) is 8.83. The van der Waals surface area contributed by atoms with E-state index in [2.05, 4.69) is 36.5 Å². The van der Waals surface area contributed by atoms with E-state index in [-0.39, 0.29) is 6.10 Å². The van der Waals surface area contributed by atoms with Crippen molar-refractivity contribution in [3.8, 4) is 5.75 Å². The zero-order chi connectivity index (χ0) is 12.8. The topological polar surface area (TPSA) is 30.5 Å². The van der Waals surface area contributed by atoms with Crippen LogP contribution >= 0.6 is 0 Å². The Kier molecular flexibility index (Phi) is 5.02. The van der Waals surface area contributed by atoms with Gasteiger partial charge in [0.25, 0.3) is 0 Å². The number of rotatable bonds is 5. The van der Waals surface area contributed by atoms with Gasteiger partial charge in [0.2, 0.25) is 0 Å². The summed E-state index contributed by atoms with van der Waals surface area (Å²) in [7, 11) is 1.98. The molecule has 1 N–H and O–H groups in total. The highest BCUT2D eigenvalue weighted by Crippen LogP contribution is 2.18. The van der Waals surface area contributed by atoms with Gasteiger partial charge in [-0.25, -0.2) is 0 Å². The summed E-state index contributed by atoms with van der Waals surface area (Å²) < 4.78 is 11.5. The lowest BCUT2D eigenvalue weighted by Crippen LogP contribution is -2.48. The number of nitrogens with one attached hydrogen (secondary N) is 1. The van der Waals surface area contributed by atoms with Gasteiger partial charge in [-0.05, 0) is 37.6 Å². The van der Waals surface area contributed by atoms with Gasteiger partial charge in [0.15, 0.2) is 0 Å². The van der Waals surface area contributed by atoms with Crippen LogP contribution in [0.1, 0.15) is 25.3 Å². The molecular formula is C15H23NO2. The third-order valence-electron chi connectivity index (χ3n) is 3.42. The van der Waals surface area contributed by atoms with Gasteiger partial charge in [-0.1, -0.05) is 25.5 Å². The molecule has 1 heterocycles. The molecule has 2 unspecified atom stereocenters. The fourth-order valence-electron chi connectivity index (χ4n) is 2.36. The molecule has 1 aliphatic rings. The van der Waals surface area contributed by atoms with E-state index in [0.29, 0.717) is 12.6 Å². The molecular weight excluding hydrogens is 226 g/mol. The molecule has 2 rings (SSSR count). The molecule has 1 saturated heterocycles. The van der Waals surface area contributed by atoms with Gasteiger partial charge in [-0.3, -0.25) is 0 Å². The fourth-order valence-corrected chi connectivity index (χ4v) is 2.36. The molecule has 1 aliphatic heterocycles. The highest BCUT2D eigenvalue weighted by Gasteiger charge is 2.25. The Balaban J connectivity index is 1.95. The molecule has 0 radical (unpaired) electrons. The molecule has 100 valence electrons. The number of hydrogen-bond acceptors (Lipinski definition) is 3. The van der Waals surface area contributed by atoms with Crippen LogP contribution < -0.4 is 10.1 Å². The minimum Gasteiger partial charge on any atom is -0.486 e. The van der Waals surface area contributed by atoms with E-state index >= 15 is 0 Å². The second kappa shape index (κ2) is 6.76. The van der Waals surface area contributed by atoms with Crippen LogP contribution in [-0.4, -0.2) is 32.4 Å². The van der Waals surface area contributed by atoms with Crippen LogP contribution in [0.25, 0.3) is 0 Å². The summed E-state index contributed by atoms with van der Waals surface area (Å²) in [5, 5.41) is 3.30. The summed E-state index contributed by atoms with van der Waals surface area (Å²) >= 11 is 0. The molecule has 1 aromatic rings. The summed E-state index contributed by atoms with van der Waals surface area (Å²) in [5.41, 5.74) is 1.37. The van der Waals surface area contributed by atoms with Crippen molar-refractivity contribution in [1.82, 2.24) is 5.32 Å². The SMILES string of the molecule is CCCc1ccc(OC2COCCC2NC)cc1. The molecule has 0 saturated carbocycles. The smallest absolute Gasteiger partial charge is 0.137 e. The van der Waals surface area contributed by atoms with Crippen molar-refractivity contribution < 1.29 is 9.47 Å². The van der Waals surface area contributed by atoms with Crippen molar-refractivity contribution in [3.63, 3.8) is 0 Å². The van der Waals surface area contributed by atoms with E-state index in [1.807, 2.05) is 7.05 Å². The normalized spacial score (nSPS) is 23.9. The number of ether oxygens (including phenoxy) is 2. The maximum Gasteiger partial charge on any atom is 0.137 e. The first-order valence-corrected chi connectivity index (χ1v) is 6.84. The highest BCUT2D eigenvalue weighted by atomic mass is 16.5. The lowest BCUT2D eigenvalue weighted by atomic mass is 10.1. The minimum absolute atomic E-state index is 0.112. The van der Waals surface area contributed by atoms with Crippen LogP contribution in [-0.2, 0) is 11.2 Å². The lowest BCUT2D eigenvalue weighted by molar-refractivity contribution is -0.0129. The Morgan fingerprint density at radius 3 is 2.78 bits per heavy atom. The highest BCUT2D eigenvalue weighted by molar-refractivity contribution is 5.27. The van der Waals surface area contributed by atoms with Gasteiger partial charge >= 0.3 is 0 Å². The van der Waals surface area contributed by atoms with Gasteiger partial charge < -0.3 is 14.8 Å². The maximum absolute atomic E-state index is 6.00. The Morgan fingerprint density at radius 1 is 1.33 bits per heavy atom. The Morgan fingerprint density at radius 2 is 2.11 bits per heavy atom. The molecule has 0 bridgehead atoms. The second-order valence-corrected chi connectivity index (χ2v) is 4.81. The lowest BCUT2D eigenvalue weighted by Gasteiger charge is -2.31. The largest absolute Gasteiger partial charge is 0.486 e. The van der Waals surface area contributed by atoms with Gasteiger partial charge in [-0.2, -0.15) is 0 Å². The molecule has 0 aromatic heterocycles. The molecule has 0 amide bonds. The van der Waals surface area contributed by atoms with Gasteiger partial charge in [0, 0.05) is 12.6 Å². The summed E-state index contributed by atoms with van der Waals surface area (Å²) in [6.45, 7) is 3.68. The number of aryl methyl sites for hydroxylation is 1. The van der Waals surface area contributed by atoms with E-state index < -0.39 is 0 Å². The Bertz CT molecular complexity index is 350. The number of benzene rings is 1. The number of hydrogen-bond donors (Lipinski definition) is 1. The Hall–Kier alpha value is -1.06. The van der Waals surface area contributed by atoms with Crippen molar-refractivity contribution in [3.05, 3.63) is 29.8 Å². The van der Waals surface area contributed by atoms with Crippen LogP contribution in [0.15, 0.2) is 24.3 Å². The van der Waals surface area contributed by atoms with Crippen LogP contribution in [0.5, 0.6) is 5.75 Å². The summed E-state index contributed by atoms with van der Waals surface area (Å²) in [6.07, 6.45) is 3.43. The van der Waals surface area contributed by atoms with Gasteiger partial charge in [0.05, 0.1) is 6.61 Å². The van der Waals surface area contributed by atoms with Crippen LogP contribution in [0.3, 0.4) is 0 Å². The van der Waals surface area contributed by atoms with Crippen molar-refractivity contribution in [1.29, 1.82) is 0 Å². The molecule has 3 nitrogen and oxygen atoms in total. The summed E-state index contributed by atoms with van der Waals surface area (Å²) in [6, 6.07) is 8.81. The van der Waals surface area contributed by atoms with E-state index in [1.54, 1.807) is 0 Å². The molecule has 0 spiro atoms. The fraction of sp³-hybridized carbons (Fsp3) is 0.600. The summed E-state index contributed by atoms with van der Waals surface area (Å²) in [4.78, 5) is 0. The molecule has 2 atom stereocenters. The maximum atomic E-state index is 6.00. The van der Waals surface area contributed by atoms with E-state index in [1.165, 1.54) is 12.0 Å².